The molecule has 49 heavy (non-hydrogen) atoms. The lowest BCUT2D eigenvalue weighted by atomic mass is 10.0. The number of halogens is 2. The predicted molar refractivity (Wildman–Crippen MR) is 179 cm³/mol. The van der Waals surface area contributed by atoms with Gasteiger partial charge >= 0.3 is 5.69 Å². The van der Waals surface area contributed by atoms with E-state index in [9.17, 15) is 13.6 Å². The van der Waals surface area contributed by atoms with Crippen LogP contribution in [0.3, 0.4) is 0 Å². The quantitative estimate of drug-likeness (QED) is 0.196. The first kappa shape index (κ1) is 32.5. The molecule has 2 fully saturated rings. The van der Waals surface area contributed by atoms with Crippen LogP contribution in [0.25, 0.3) is 5.69 Å². The zero-order valence-electron chi connectivity index (χ0n) is 26.6. The number of benzene rings is 3. The Hall–Kier alpha value is -5.04. The molecule has 0 radical (unpaired) electrons. The van der Waals surface area contributed by atoms with Crippen molar-refractivity contribution in [2.75, 3.05) is 48.3 Å². The van der Waals surface area contributed by atoms with Crippen LogP contribution in [0.2, 0.25) is 0 Å². The second-order valence-electron chi connectivity index (χ2n) is 11.8. The van der Waals surface area contributed by atoms with E-state index in [0.717, 1.165) is 48.5 Å². The molecule has 2 aliphatic rings. The highest BCUT2D eigenvalue weighted by atomic mass is 32.2. The van der Waals surface area contributed by atoms with Crippen LogP contribution < -0.4 is 15.5 Å². The van der Waals surface area contributed by atoms with Gasteiger partial charge in [-0.15, -0.1) is 11.8 Å². The summed E-state index contributed by atoms with van der Waals surface area (Å²) in [4.78, 5) is 22.3. The van der Waals surface area contributed by atoms with E-state index in [2.05, 4.69) is 49.2 Å². The highest BCUT2D eigenvalue weighted by molar-refractivity contribution is 7.99. The van der Waals surface area contributed by atoms with Crippen molar-refractivity contribution < 1.29 is 18.3 Å². The number of nitrogens with zero attached hydrogens (tertiary/aromatic N) is 9. The third kappa shape index (κ3) is 6.80. The van der Waals surface area contributed by atoms with Gasteiger partial charge in [0.15, 0.2) is 0 Å². The molecule has 5 aromatic rings. The zero-order valence-corrected chi connectivity index (χ0v) is 27.4. The normalized spacial score (nSPS) is 20.0. The molecule has 0 bridgehead atoms. The Kier molecular flexibility index (Phi) is 9.17. The summed E-state index contributed by atoms with van der Waals surface area (Å²) in [5.41, 5.74) is 2.68. The van der Waals surface area contributed by atoms with Crippen molar-refractivity contribution in [1.82, 2.24) is 29.1 Å². The third-order valence-corrected chi connectivity index (χ3v) is 9.84. The summed E-state index contributed by atoms with van der Waals surface area (Å²) in [5.74, 6) is -2.29. The molecule has 2 aliphatic heterocycles. The van der Waals surface area contributed by atoms with E-state index in [-0.39, 0.29) is 30.5 Å². The Bertz CT molecular complexity index is 1990. The van der Waals surface area contributed by atoms with E-state index >= 15 is 0 Å². The predicted octanol–water partition coefficient (Wildman–Crippen LogP) is 4.38. The first-order chi connectivity index (χ1) is 23.8. The van der Waals surface area contributed by atoms with E-state index in [1.165, 1.54) is 45.0 Å². The van der Waals surface area contributed by atoms with Crippen molar-refractivity contribution >= 4 is 23.1 Å². The van der Waals surface area contributed by atoms with Crippen molar-refractivity contribution in [3.05, 3.63) is 113 Å². The summed E-state index contributed by atoms with van der Waals surface area (Å²) in [7, 11) is 0. The summed E-state index contributed by atoms with van der Waals surface area (Å²) < 4.78 is 45.1. The fourth-order valence-corrected chi connectivity index (χ4v) is 6.96. The lowest BCUT2D eigenvalue weighted by Gasteiger charge is -2.37. The van der Waals surface area contributed by atoms with Crippen molar-refractivity contribution in [2.24, 2.45) is 0 Å². The minimum Gasteiger partial charge on any atom is -0.368 e. The molecule has 15 heteroatoms. The second kappa shape index (κ2) is 13.8. The standard InChI is InChI=1S/C34H33F2N9O3S/c1-24(17-37)45-33(46)44(23-40-45)28-5-3-26(4-6-28)41-12-14-42(15-13-41)27-7-9-30(10-8-27)49-19-29-18-47-34(48-29,20-43-22-38-21-39-43)31-11-2-25(35)16-32(31)36/h2-11,16,21-24,29H,12-15,18-20H2,1H3. The Morgan fingerprint density at radius 1 is 0.959 bits per heavy atom. The molecule has 0 saturated carbocycles. The SMILES string of the molecule is CC(C#N)n1ncn(-c2ccc(N3CCN(c4ccc(SCC5COC(Cn6cncn6)(c6ccc(F)cc6F)O5)cc4)CC3)cc2)c1=O. The average molecular weight is 686 g/mol. The van der Waals surface area contributed by atoms with Crippen LogP contribution in [-0.4, -0.2) is 73.8 Å². The Morgan fingerprint density at radius 3 is 2.27 bits per heavy atom. The molecule has 0 amide bonds. The van der Waals surface area contributed by atoms with Gasteiger partial charge in [-0.05, 0) is 67.6 Å². The Labute approximate surface area is 285 Å². The maximum absolute atomic E-state index is 14.9. The molecular formula is C34H33F2N9O3S. The van der Waals surface area contributed by atoms with Crippen LogP contribution in [-0.2, 0) is 21.8 Å². The van der Waals surface area contributed by atoms with Gasteiger partial charge in [0.05, 0.1) is 24.5 Å². The van der Waals surface area contributed by atoms with E-state index in [0.29, 0.717) is 11.4 Å². The fourth-order valence-electron chi connectivity index (χ4n) is 6.09. The number of thioether (sulfide) groups is 1. The maximum atomic E-state index is 14.9. The molecule has 2 saturated heterocycles. The minimum atomic E-state index is -1.45. The number of nitriles is 1. The monoisotopic (exact) mass is 685 g/mol. The molecule has 0 spiro atoms. The number of hydrogen-bond donors (Lipinski definition) is 0. The van der Waals surface area contributed by atoms with Crippen molar-refractivity contribution in [2.45, 2.75) is 36.3 Å². The number of aromatic nitrogens is 6. The number of hydrogen-bond acceptors (Lipinski definition) is 10. The van der Waals surface area contributed by atoms with E-state index in [1.807, 2.05) is 30.3 Å². The van der Waals surface area contributed by atoms with E-state index in [1.54, 1.807) is 18.7 Å². The summed E-state index contributed by atoms with van der Waals surface area (Å²) in [6, 6.07) is 21.0. The Balaban J connectivity index is 0.927. The van der Waals surface area contributed by atoms with Gasteiger partial charge in [-0.1, -0.05) is 0 Å². The molecule has 0 aliphatic carbocycles. The van der Waals surface area contributed by atoms with Crippen LogP contribution in [0.4, 0.5) is 20.2 Å². The Morgan fingerprint density at radius 2 is 1.63 bits per heavy atom. The van der Waals surface area contributed by atoms with Gasteiger partial charge in [-0.3, -0.25) is 0 Å². The number of anilines is 2. The molecular weight excluding hydrogens is 652 g/mol. The van der Waals surface area contributed by atoms with Crippen molar-refractivity contribution in [3.63, 3.8) is 0 Å². The van der Waals surface area contributed by atoms with E-state index in [4.69, 9.17) is 14.7 Å². The number of ether oxygens (including phenoxy) is 2. The minimum absolute atomic E-state index is 0.0708. The number of rotatable bonds is 10. The highest BCUT2D eigenvalue weighted by Crippen LogP contribution is 2.39. The van der Waals surface area contributed by atoms with Crippen LogP contribution in [0, 0.1) is 23.0 Å². The molecule has 3 atom stereocenters. The lowest BCUT2D eigenvalue weighted by molar-refractivity contribution is -0.188. The first-order valence-corrected chi connectivity index (χ1v) is 16.8. The molecule has 4 heterocycles. The largest absolute Gasteiger partial charge is 0.368 e. The molecule has 7 rings (SSSR count). The number of piperazine rings is 1. The van der Waals surface area contributed by atoms with Gasteiger partial charge < -0.3 is 19.3 Å². The van der Waals surface area contributed by atoms with Gasteiger partial charge in [-0.2, -0.15) is 20.1 Å². The van der Waals surface area contributed by atoms with Crippen LogP contribution >= 0.6 is 11.8 Å². The first-order valence-electron chi connectivity index (χ1n) is 15.8. The lowest BCUT2D eigenvalue weighted by Crippen LogP contribution is -2.46. The third-order valence-electron chi connectivity index (χ3n) is 8.70. The molecule has 12 nitrogen and oxygen atoms in total. The fraction of sp³-hybridized carbons (Fsp3) is 0.324. The molecule has 2 aromatic heterocycles. The highest BCUT2D eigenvalue weighted by Gasteiger charge is 2.46. The van der Waals surface area contributed by atoms with Crippen LogP contribution in [0.5, 0.6) is 0 Å². The molecule has 252 valence electrons. The molecule has 3 aromatic carbocycles. The van der Waals surface area contributed by atoms with Crippen molar-refractivity contribution in [3.8, 4) is 11.8 Å². The zero-order chi connectivity index (χ0) is 34.0. The summed E-state index contributed by atoms with van der Waals surface area (Å²) >= 11 is 1.62. The average Bonchev–Trinajstić information content (AvgIpc) is 3.88. The summed E-state index contributed by atoms with van der Waals surface area (Å²) in [6.07, 6.45) is 3.99. The van der Waals surface area contributed by atoms with Crippen molar-refractivity contribution in [1.29, 1.82) is 5.26 Å². The molecule has 0 N–H and O–H groups in total. The van der Waals surface area contributed by atoms with Crippen LogP contribution in [0.15, 0.2) is 95.4 Å². The van der Waals surface area contributed by atoms with Gasteiger partial charge in [0, 0.05) is 59.8 Å². The van der Waals surface area contributed by atoms with E-state index < -0.39 is 23.5 Å². The smallest absolute Gasteiger partial charge is 0.351 e. The maximum Gasteiger partial charge on any atom is 0.351 e. The van der Waals surface area contributed by atoms with Crippen LogP contribution in [0.1, 0.15) is 18.5 Å². The van der Waals surface area contributed by atoms with Gasteiger partial charge in [0.1, 0.15) is 43.2 Å². The van der Waals surface area contributed by atoms with Gasteiger partial charge in [0.25, 0.3) is 0 Å². The summed E-state index contributed by atoms with van der Waals surface area (Å²) in [5, 5.41) is 17.3. The summed E-state index contributed by atoms with van der Waals surface area (Å²) in [6.45, 7) is 5.35. The van der Waals surface area contributed by atoms with Gasteiger partial charge in [0.2, 0.25) is 5.79 Å². The van der Waals surface area contributed by atoms with Gasteiger partial charge in [-0.25, -0.2) is 27.8 Å². The molecule has 3 unspecified atom stereocenters. The topological polar surface area (TPSA) is 119 Å². The second-order valence-corrected chi connectivity index (χ2v) is 12.9.